The fourth-order valence-corrected chi connectivity index (χ4v) is 2.29. The summed E-state index contributed by atoms with van der Waals surface area (Å²) in [6.07, 6.45) is 2.49. The monoisotopic (exact) mass is 310 g/mol. The maximum atomic E-state index is 13.0. The average molecular weight is 311 g/mol. The van der Waals surface area contributed by atoms with Crippen LogP contribution in [0.25, 0.3) is 11.3 Å². The number of rotatable bonds is 4. The first-order valence-corrected chi connectivity index (χ1v) is 6.66. The summed E-state index contributed by atoms with van der Waals surface area (Å²) in [5.74, 6) is 0.371. The molecule has 94 valence electrons. The highest BCUT2D eigenvalue weighted by Gasteiger charge is 2.20. The third kappa shape index (κ3) is 2.62. The Morgan fingerprint density at radius 2 is 2.22 bits per heavy atom. The number of hydrogen-bond donors (Lipinski definition) is 1. The van der Waals surface area contributed by atoms with Crippen LogP contribution in [0, 0.1) is 5.82 Å². The number of benzene rings is 1. The number of hydrogen-bond acceptors (Lipinski definition) is 3. The minimum absolute atomic E-state index is 0.277. The van der Waals surface area contributed by atoms with E-state index in [0.717, 1.165) is 11.3 Å². The van der Waals surface area contributed by atoms with Gasteiger partial charge < -0.3 is 9.84 Å². The normalized spacial score (nSPS) is 15.0. The van der Waals surface area contributed by atoms with Gasteiger partial charge in [0.05, 0.1) is 5.69 Å². The van der Waals surface area contributed by atoms with Crippen molar-refractivity contribution in [2.45, 2.75) is 25.4 Å². The maximum Gasteiger partial charge on any atom is 0.168 e. The van der Waals surface area contributed by atoms with Gasteiger partial charge in [0.2, 0.25) is 0 Å². The molecule has 0 unspecified atom stereocenters. The molecular formula is C13H12BrFN2O. The first-order chi connectivity index (χ1) is 8.72. The first kappa shape index (κ1) is 11.9. The van der Waals surface area contributed by atoms with Crippen molar-refractivity contribution in [2.24, 2.45) is 0 Å². The zero-order valence-corrected chi connectivity index (χ0v) is 11.2. The van der Waals surface area contributed by atoms with E-state index in [1.165, 1.54) is 25.0 Å². The van der Waals surface area contributed by atoms with Gasteiger partial charge in [-0.15, -0.1) is 0 Å². The zero-order chi connectivity index (χ0) is 12.5. The molecule has 1 aromatic carbocycles. The van der Waals surface area contributed by atoms with Crippen molar-refractivity contribution >= 4 is 15.9 Å². The minimum Gasteiger partial charge on any atom is -0.356 e. The molecule has 1 saturated carbocycles. The molecule has 1 aliphatic rings. The molecule has 0 atom stereocenters. The second-order valence-corrected chi connectivity index (χ2v) is 5.32. The lowest BCUT2D eigenvalue weighted by Gasteiger charge is -1.99. The van der Waals surface area contributed by atoms with Crippen LogP contribution in [0.4, 0.5) is 4.39 Å². The Labute approximate surface area is 112 Å². The van der Waals surface area contributed by atoms with E-state index in [9.17, 15) is 4.39 Å². The highest BCUT2D eigenvalue weighted by molar-refractivity contribution is 9.10. The molecule has 3 nitrogen and oxygen atoms in total. The van der Waals surface area contributed by atoms with E-state index < -0.39 is 0 Å². The molecule has 0 amide bonds. The van der Waals surface area contributed by atoms with E-state index >= 15 is 0 Å². The Bertz CT molecular complexity index is 566. The van der Waals surface area contributed by atoms with E-state index in [0.29, 0.717) is 22.8 Å². The lowest BCUT2D eigenvalue weighted by molar-refractivity contribution is 0.419. The molecule has 1 fully saturated rings. The fraction of sp³-hybridized carbons (Fsp3) is 0.308. The Kier molecular flexibility index (Phi) is 3.18. The van der Waals surface area contributed by atoms with Crippen LogP contribution in [0.15, 0.2) is 33.3 Å². The molecule has 3 rings (SSSR count). The summed E-state index contributed by atoms with van der Waals surface area (Å²) in [7, 11) is 0. The van der Waals surface area contributed by atoms with Gasteiger partial charge in [0.15, 0.2) is 5.76 Å². The predicted molar refractivity (Wildman–Crippen MR) is 69.5 cm³/mol. The lowest BCUT2D eigenvalue weighted by atomic mass is 10.1. The largest absolute Gasteiger partial charge is 0.356 e. The van der Waals surface area contributed by atoms with Crippen molar-refractivity contribution in [3.63, 3.8) is 0 Å². The molecule has 0 spiro atoms. The third-order valence-corrected chi connectivity index (χ3v) is 3.56. The van der Waals surface area contributed by atoms with Gasteiger partial charge in [-0.25, -0.2) is 4.39 Å². The molecule has 0 aliphatic heterocycles. The quantitative estimate of drug-likeness (QED) is 0.939. The fourth-order valence-electron chi connectivity index (χ4n) is 1.75. The molecule has 1 aromatic heterocycles. The highest BCUT2D eigenvalue weighted by atomic mass is 79.9. The summed E-state index contributed by atoms with van der Waals surface area (Å²) < 4.78 is 18.9. The van der Waals surface area contributed by atoms with Crippen LogP contribution in [-0.4, -0.2) is 11.2 Å². The number of halogens is 2. The smallest absolute Gasteiger partial charge is 0.168 e. The van der Waals surface area contributed by atoms with Gasteiger partial charge in [-0.3, -0.25) is 0 Å². The summed E-state index contributed by atoms with van der Waals surface area (Å²) in [6, 6.07) is 7.03. The van der Waals surface area contributed by atoms with E-state index in [2.05, 4.69) is 26.4 Å². The van der Waals surface area contributed by atoms with Gasteiger partial charge in [0, 0.05) is 28.7 Å². The van der Waals surface area contributed by atoms with Crippen LogP contribution in [0.5, 0.6) is 0 Å². The molecule has 1 N–H and O–H groups in total. The van der Waals surface area contributed by atoms with Gasteiger partial charge in [-0.2, -0.15) is 0 Å². The molecule has 1 heterocycles. The van der Waals surface area contributed by atoms with Crippen LogP contribution in [0.2, 0.25) is 0 Å². The van der Waals surface area contributed by atoms with Gasteiger partial charge in [-0.1, -0.05) is 5.16 Å². The predicted octanol–water partition coefficient (Wildman–Crippen LogP) is 3.50. The van der Waals surface area contributed by atoms with Gasteiger partial charge >= 0.3 is 0 Å². The second-order valence-electron chi connectivity index (χ2n) is 4.46. The molecule has 18 heavy (non-hydrogen) atoms. The summed E-state index contributed by atoms with van der Waals surface area (Å²) in [4.78, 5) is 0. The SMILES string of the molecule is Fc1ccc(-c2cc(CNC3CC3)no2)c(Br)c1. The van der Waals surface area contributed by atoms with Crippen molar-refractivity contribution in [1.82, 2.24) is 10.5 Å². The average Bonchev–Trinajstić information content (AvgIpc) is 3.05. The van der Waals surface area contributed by atoms with Crippen molar-refractivity contribution < 1.29 is 8.91 Å². The zero-order valence-electron chi connectivity index (χ0n) is 9.62. The summed E-state index contributed by atoms with van der Waals surface area (Å²) in [5.41, 5.74) is 1.68. The summed E-state index contributed by atoms with van der Waals surface area (Å²) >= 11 is 3.32. The molecule has 0 radical (unpaired) electrons. The first-order valence-electron chi connectivity index (χ1n) is 5.87. The van der Waals surface area contributed by atoms with E-state index in [1.807, 2.05) is 6.07 Å². The third-order valence-electron chi connectivity index (χ3n) is 2.90. The van der Waals surface area contributed by atoms with Gasteiger partial charge in [0.1, 0.15) is 5.82 Å². The van der Waals surface area contributed by atoms with Crippen molar-refractivity contribution in [1.29, 1.82) is 0 Å². The molecule has 0 saturated heterocycles. The number of aromatic nitrogens is 1. The summed E-state index contributed by atoms with van der Waals surface area (Å²) in [5, 5.41) is 7.37. The van der Waals surface area contributed by atoms with Crippen LogP contribution in [-0.2, 0) is 6.54 Å². The highest BCUT2D eigenvalue weighted by Crippen LogP contribution is 2.29. The van der Waals surface area contributed by atoms with Crippen molar-refractivity contribution in [2.75, 3.05) is 0 Å². The van der Waals surface area contributed by atoms with E-state index in [4.69, 9.17) is 4.52 Å². The van der Waals surface area contributed by atoms with Gasteiger partial charge in [-0.05, 0) is 47.0 Å². The van der Waals surface area contributed by atoms with Crippen LogP contribution >= 0.6 is 15.9 Å². The number of nitrogens with zero attached hydrogens (tertiary/aromatic N) is 1. The molecular weight excluding hydrogens is 299 g/mol. The maximum absolute atomic E-state index is 13.0. The Hall–Kier alpha value is -1.20. The Morgan fingerprint density at radius 1 is 1.39 bits per heavy atom. The van der Waals surface area contributed by atoms with Gasteiger partial charge in [0.25, 0.3) is 0 Å². The van der Waals surface area contributed by atoms with Crippen LogP contribution in [0.1, 0.15) is 18.5 Å². The lowest BCUT2D eigenvalue weighted by Crippen LogP contribution is -2.15. The number of nitrogens with one attached hydrogen (secondary N) is 1. The molecule has 1 aliphatic carbocycles. The minimum atomic E-state index is -0.277. The topological polar surface area (TPSA) is 38.1 Å². The van der Waals surface area contributed by atoms with E-state index in [-0.39, 0.29) is 5.82 Å². The Morgan fingerprint density at radius 3 is 2.94 bits per heavy atom. The second kappa shape index (κ2) is 4.82. The summed E-state index contributed by atoms with van der Waals surface area (Å²) in [6.45, 7) is 0.715. The molecule has 0 bridgehead atoms. The van der Waals surface area contributed by atoms with Crippen molar-refractivity contribution in [3.05, 3.63) is 40.2 Å². The Balaban J connectivity index is 1.78. The molecule has 2 aromatic rings. The van der Waals surface area contributed by atoms with Crippen LogP contribution < -0.4 is 5.32 Å². The standard InChI is InChI=1S/C13H12BrFN2O/c14-12-5-8(15)1-4-11(12)13-6-10(17-18-13)7-16-9-2-3-9/h1,4-6,9,16H,2-3,7H2. The van der Waals surface area contributed by atoms with Crippen LogP contribution in [0.3, 0.4) is 0 Å². The molecule has 5 heteroatoms. The van der Waals surface area contributed by atoms with E-state index in [1.54, 1.807) is 6.07 Å². The van der Waals surface area contributed by atoms with Crippen molar-refractivity contribution in [3.8, 4) is 11.3 Å².